The molecule has 0 radical (unpaired) electrons. The molecular formula is C20H25N3O6S. The maximum atomic E-state index is 12.7. The minimum atomic E-state index is -3.16. The molecule has 2 saturated heterocycles. The molecule has 4 rings (SSSR count). The Morgan fingerprint density at radius 2 is 2.17 bits per heavy atom. The van der Waals surface area contributed by atoms with Crippen LogP contribution >= 0.6 is 0 Å². The van der Waals surface area contributed by atoms with Crippen LogP contribution in [0.5, 0.6) is 5.75 Å². The summed E-state index contributed by atoms with van der Waals surface area (Å²) in [5, 5.41) is 8.16. The average molecular weight is 436 g/mol. The number of ether oxygens (including phenoxy) is 2. The minimum Gasteiger partial charge on any atom is -0.491 e. The molecule has 0 unspecified atom stereocenters. The predicted octanol–water partition coefficient (Wildman–Crippen LogP) is 1.35. The summed E-state index contributed by atoms with van der Waals surface area (Å²) in [5.41, 5.74) is 0.768. The Hall–Kier alpha value is -2.46. The average Bonchev–Trinajstić information content (AvgIpc) is 3.36. The lowest BCUT2D eigenvalue weighted by Crippen LogP contribution is -2.42. The Kier molecular flexibility index (Phi) is 6.05. The lowest BCUT2D eigenvalue weighted by Gasteiger charge is -2.27. The molecule has 2 amide bonds. The van der Waals surface area contributed by atoms with Crippen molar-refractivity contribution >= 4 is 33.1 Å². The monoisotopic (exact) mass is 435 g/mol. The summed E-state index contributed by atoms with van der Waals surface area (Å²) >= 11 is 0. The zero-order valence-corrected chi connectivity index (χ0v) is 17.4. The predicted molar refractivity (Wildman–Crippen MR) is 110 cm³/mol. The van der Waals surface area contributed by atoms with Gasteiger partial charge in [0, 0.05) is 31.2 Å². The molecule has 0 bridgehead atoms. The smallest absolute Gasteiger partial charge is 0.271 e. The normalized spacial score (nSPS) is 25.8. The summed E-state index contributed by atoms with van der Waals surface area (Å²) in [4.78, 5) is 24.9. The molecule has 0 saturated carbocycles. The highest BCUT2D eigenvalue weighted by molar-refractivity contribution is 7.91. The van der Waals surface area contributed by atoms with Gasteiger partial charge >= 0.3 is 0 Å². The zero-order chi connectivity index (χ0) is 21.1. The van der Waals surface area contributed by atoms with Crippen molar-refractivity contribution in [2.45, 2.75) is 44.2 Å². The first-order valence-corrected chi connectivity index (χ1v) is 12.0. The number of hydrazone groups is 1. The van der Waals surface area contributed by atoms with E-state index in [9.17, 15) is 18.0 Å². The second-order valence-electron chi connectivity index (χ2n) is 7.77. The van der Waals surface area contributed by atoms with E-state index in [0.29, 0.717) is 24.5 Å². The fourth-order valence-corrected chi connectivity index (χ4v) is 5.51. The lowest BCUT2D eigenvalue weighted by atomic mass is 10.1. The first kappa shape index (κ1) is 20.8. The van der Waals surface area contributed by atoms with Gasteiger partial charge in [-0.15, -0.1) is 0 Å². The summed E-state index contributed by atoms with van der Waals surface area (Å²) in [6, 6.07) is 6.56. The molecule has 162 valence electrons. The topological polar surface area (TPSA) is 114 Å². The van der Waals surface area contributed by atoms with Gasteiger partial charge in [0.2, 0.25) is 5.91 Å². The van der Waals surface area contributed by atoms with Crippen molar-refractivity contribution in [1.82, 2.24) is 5.01 Å². The molecule has 0 spiro atoms. The molecule has 1 aromatic rings. The number of amides is 2. The number of benzene rings is 1. The van der Waals surface area contributed by atoms with Gasteiger partial charge in [-0.3, -0.25) is 9.59 Å². The highest BCUT2D eigenvalue weighted by Gasteiger charge is 2.37. The molecule has 2 atom stereocenters. The van der Waals surface area contributed by atoms with E-state index >= 15 is 0 Å². The van der Waals surface area contributed by atoms with Crippen molar-refractivity contribution in [2.75, 3.05) is 30.0 Å². The van der Waals surface area contributed by atoms with E-state index in [0.717, 1.165) is 19.4 Å². The van der Waals surface area contributed by atoms with E-state index in [1.54, 1.807) is 18.2 Å². The first-order chi connectivity index (χ1) is 14.4. The Bertz CT molecular complexity index is 955. The van der Waals surface area contributed by atoms with E-state index in [1.165, 1.54) is 5.01 Å². The van der Waals surface area contributed by atoms with Crippen LogP contribution in [-0.2, 0) is 24.2 Å². The van der Waals surface area contributed by atoms with Crippen molar-refractivity contribution in [3.8, 4) is 5.75 Å². The second-order valence-corrected chi connectivity index (χ2v) is 10.00. The van der Waals surface area contributed by atoms with E-state index < -0.39 is 21.8 Å². The van der Waals surface area contributed by atoms with Crippen LogP contribution < -0.4 is 10.1 Å². The summed E-state index contributed by atoms with van der Waals surface area (Å²) in [5.74, 6) is -0.108. The molecule has 3 aliphatic heterocycles. The Morgan fingerprint density at radius 1 is 1.30 bits per heavy atom. The maximum absolute atomic E-state index is 12.7. The zero-order valence-electron chi connectivity index (χ0n) is 16.6. The van der Waals surface area contributed by atoms with Crippen molar-refractivity contribution < 1.29 is 27.5 Å². The van der Waals surface area contributed by atoms with Gasteiger partial charge in [0.25, 0.3) is 5.91 Å². The van der Waals surface area contributed by atoms with Gasteiger partial charge in [0.15, 0.2) is 9.84 Å². The SMILES string of the molecule is O=C(Nc1cccc(OC[C@@H]2CCCO2)c1)C1=NN([C@H]2CCS(=O)(=O)C2)C(=O)CC1. The van der Waals surface area contributed by atoms with Crippen LogP contribution in [0.1, 0.15) is 32.1 Å². The number of carbonyl (C=O) groups is 2. The molecule has 1 aromatic carbocycles. The Labute approximate surface area is 175 Å². The van der Waals surface area contributed by atoms with Crippen LogP contribution in [0.3, 0.4) is 0 Å². The highest BCUT2D eigenvalue weighted by Crippen LogP contribution is 2.23. The van der Waals surface area contributed by atoms with Crippen molar-refractivity contribution in [2.24, 2.45) is 5.10 Å². The molecule has 3 aliphatic rings. The lowest BCUT2D eigenvalue weighted by molar-refractivity contribution is -0.133. The molecule has 3 heterocycles. The van der Waals surface area contributed by atoms with E-state index in [4.69, 9.17) is 9.47 Å². The van der Waals surface area contributed by atoms with Gasteiger partial charge in [0.05, 0.1) is 23.7 Å². The molecule has 1 N–H and O–H groups in total. The molecule has 10 heteroatoms. The molecule has 30 heavy (non-hydrogen) atoms. The minimum absolute atomic E-state index is 0.0389. The molecule has 0 aromatic heterocycles. The van der Waals surface area contributed by atoms with Crippen LogP contribution in [0.2, 0.25) is 0 Å². The Morgan fingerprint density at radius 3 is 2.90 bits per heavy atom. The van der Waals surface area contributed by atoms with Crippen LogP contribution in [0.15, 0.2) is 29.4 Å². The summed E-state index contributed by atoms with van der Waals surface area (Å²) in [6.45, 7) is 1.23. The number of sulfone groups is 1. The second kappa shape index (κ2) is 8.73. The first-order valence-electron chi connectivity index (χ1n) is 10.2. The molecule has 0 aliphatic carbocycles. The largest absolute Gasteiger partial charge is 0.491 e. The van der Waals surface area contributed by atoms with E-state index in [-0.39, 0.29) is 42.1 Å². The van der Waals surface area contributed by atoms with Gasteiger partial charge in [-0.2, -0.15) is 5.10 Å². The van der Waals surface area contributed by atoms with Gasteiger partial charge in [-0.25, -0.2) is 13.4 Å². The van der Waals surface area contributed by atoms with Gasteiger partial charge in [-0.05, 0) is 31.4 Å². The number of nitrogens with zero attached hydrogens (tertiary/aromatic N) is 2. The summed E-state index contributed by atoms with van der Waals surface area (Å²) in [6.07, 6.45) is 2.81. The van der Waals surface area contributed by atoms with E-state index in [2.05, 4.69) is 10.4 Å². The summed E-state index contributed by atoms with van der Waals surface area (Å²) < 4.78 is 34.8. The number of rotatable bonds is 6. The third-order valence-electron chi connectivity index (χ3n) is 5.43. The standard InChI is InChI=1S/C20H25N3O6S/c24-19-7-6-18(22-23(19)15-8-10-30(26,27)13-15)20(25)21-14-3-1-4-16(11-14)29-12-17-5-2-9-28-17/h1,3-4,11,15,17H,2,5-10,12-13H2,(H,21,25)/t15-,17-/m0/s1. The number of hydrogen-bond acceptors (Lipinski definition) is 7. The molecular weight excluding hydrogens is 410 g/mol. The van der Waals surface area contributed by atoms with Gasteiger partial charge < -0.3 is 14.8 Å². The van der Waals surface area contributed by atoms with Crippen molar-refractivity contribution in [3.05, 3.63) is 24.3 Å². The third-order valence-corrected chi connectivity index (χ3v) is 7.18. The number of carbonyl (C=O) groups excluding carboxylic acids is 2. The Balaban J connectivity index is 1.39. The third kappa shape index (κ3) is 4.99. The highest BCUT2D eigenvalue weighted by atomic mass is 32.2. The number of hydrogen-bond donors (Lipinski definition) is 1. The molecule has 9 nitrogen and oxygen atoms in total. The summed E-state index contributed by atoms with van der Waals surface area (Å²) in [7, 11) is -3.16. The fraction of sp³-hybridized carbons (Fsp3) is 0.550. The fourth-order valence-electron chi connectivity index (χ4n) is 3.82. The van der Waals surface area contributed by atoms with Crippen molar-refractivity contribution in [1.29, 1.82) is 0 Å². The number of anilines is 1. The number of nitrogens with one attached hydrogen (secondary N) is 1. The van der Waals surface area contributed by atoms with Crippen LogP contribution in [0, 0.1) is 0 Å². The van der Waals surface area contributed by atoms with Crippen LogP contribution in [0.4, 0.5) is 5.69 Å². The van der Waals surface area contributed by atoms with Gasteiger partial charge in [0.1, 0.15) is 18.1 Å². The van der Waals surface area contributed by atoms with Crippen LogP contribution in [0.25, 0.3) is 0 Å². The van der Waals surface area contributed by atoms with E-state index in [1.807, 2.05) is 6.07 Å². The molecule has 2 fully saturated rings. The maximum Gasteiger partial charge on any atom is 0.271 e. The van der Waals surface area contributed by atoms with Crippen LogP contribution in [-0.4, -0.2) is 67.8 Å². The quantitative estimate of drug-likeness (QED) is 0.721. The van der Waals surface area contributed by atoms with Crippen molar-refractivity contribution in [3.63, 3.8) is 0 Å². The van der Waals surface area contributed by atoms with Gasteiger partial charge in [-0.1, -0.05) is 6.07 Å².